The molecule has 0 amide bonds. The fourth-order valence-corrected chi connectivity index (χ4v) is 3.00. The first-order chi connectivity index (χ1) is 6.31. The van der Waals surface area contributed by atoms with Gasteiger partial charge in [0.15, 0.2) is 0 Å². The number of rotatable bonds is 3. The molecule has 2 aliphatic carbocycles. The van der Waals surface area contributed by atoms with E-state index >= 15 is 0 Å². The molecule has 3 atom stereocenters. The van der Waals surface area contributed by atoms with E-state index in [9.17, 15) is 4.79 Å². The van der Waals surface area contributed by atoms with Crippen molar-refractivity contribution in [2.24, 2.45) is 17.8 Å². The van der Waals surface area contributed by atoms with Crippen molar-refractivity contribution >= 4 is 5.78 Å². The summed E-state index contributed by atoms with van der Waals surface area (Å²) in [5.74, 6) is 2.19. The van der Waals surface area contributed by atoms with Gasteiger partial charge in [-0.3, -0.25) is 4.79 Å². The maximum absolute atomic E-state index is 11.6. The summed E-state index contributed by atoms with van der Waals surface area (Å²) in [6.07, 6.45) is 5.90. The molecule has 13 heavy (non-hydrogen) atoms. The summed E-state index contributed by atoms with van der Waals surface area (Å²) < 4.78 is 0. The van der Waals surface area contributed by atoms with Crippen molar-refractivity contribution in [3.8, 4) is 6.07 Å². The van der Waals surface area contributed by atoms with Gasteiger partial charge in [0, 0.05) is 18.8 Å². The number of carbonyl (C=O) groups excluding carboxylic acids is 1. The smallest absolute Gasteiger partial charge is 0.137 e. The standard InChI is InChI=1S/C11H15NO/c12-5-1-2-11(13)10-7-8-3-4-9(10)6-8/h8-10H,1-4,6-7H2. The predicted octanol–water partition coefficient (Wildman–Crippen LogP) is 2.30. The van der Waals surface area contributed by atoms with E-state index in [1.54, 1.807) is 0 Å². The van der Waals surface area contributed by atoms with Crippen molar-refractivity contribution < 1.29 is 4.79 Å². The predicted molar refractivity (Wildman–Crippen MR) is 48.8 cm³/mol. The van der Waals surface area contributed by atoms with Crippen molar-refractivity contribution in [1.29, 1.82) is 5.26 Å². The quantitative estimate of drug-likeness (QED) is 0.663. The molecule has 2 fully saturated rings. The van der Waals surface area contributed by atoms with Crippen molar-refractivity contribution in [1.82, 2.24) is 0 Å². The van der Waals surface area contributed by atoms with E-state index in [1.165, 1.54) is 19.3 Å². The van der Waals surface area contributed by atoms with Crippen LogP contribution < -0.4 is 0 Å². The molecule has 0 spiro atoms. The Balaban J connectivity index is 1.88. The first-order valence-corrected chi connectivity index (χ1v) is 5.21. The van der Waals surface area contributed by atoms with Gasteiger partial charge in [-0.15, -0.1) is 0 Å². The van der Waals surface area contributed by atoms with E-state index in [1.807, 2.05) is 6.07 Å². The second kappa shape index (κ2) is 3.49. The first-order valence-electron chi connectivity index (χ1n) is 5.21. The molecule has 2 heteroatoms. The number of carbonyl (C=O) groups is 1. The Labute approximate surface area is 78.9 Å². The molecule has 2 rings (SSSR count). The number of fused-ring (bicyclic) bond motifs is 2. The Morgan fingerprint density at radius 3 is 2.77 bits per heavy atom. The molecule has 0 radical (unpaired) electrons. The van der Waals surface area contributed by atoms with E-state index in [0.717, 1.165) is 12.3 Å². The number of hydrogen-bond acceptors (Lipinski definition) is 2. The molecule has 0 saturated heterocycles. The van der Waals surface area contributed by atoms with Gasteiger partial charge < -0.3 is 0 Å². The Bertz CT molecular complexity index is 253. The first kappa shape index (κ1) is 8.74. The highest BCUT2D eigenvalue weighted by Crippen LogP contribution is 2.48. The molecule has 70 valence electrons. The SMILES string of the molecule is N#CCCC(=O)C1CC2CCC1C2. The second-order valence-electron chi connectivity index (χ2n) is 4.41. The van der Waals surface area contributed by atoms with Gasteiger partial charge in [0.25, 0.3) is 0 Å². The lowest BCUT2D eigenvalue weighted by atomic mass is 9.84. The van der Waals surface area contributed by atoms with E-state index in [-0.39, 0.29) is 0 Å². The average molecular weight is 177 g/mol. The molecule has 0 aromatic heterocycles. The Kier molecular flexibility index (Phi) is 2.35. The molecule has 0 heterocycles. The fraction of sp³-hybridized carbons (Fsp3) is 0.818. The maximum Gasteiger partial charge on any atom is 0.137 e. The van der Waals surface area contributed by atoms with Crippen LogP contribution in [0.1, 0.15) is 38.5 Å². The highest BCUT2D eigenvalue weighted by molar-refractivity contribution is 5.81. The Morgan fingerprint density at radius 2 is 2.23 bits per heavy atom. The van der Waals surface area contributed by atoms with Crippen LogP contribution in [-0.4, -0.2) is 5.78 Å². The van der Waals surface area contributed by atoms with Crippen LogP contribution in [0, 0.1) is 29.1 Å². The topological polar surface area (TPSA) is 40.9 Å². The van der Waals surface area contributed by atoms with Gasteiger partial charge in [0.1, 0.15) is 5.78 Å². The molecule has 0 N–H and O–H groups in total. The minimum atomic E-state index is 0.326. The minimum absolute atomic E-state index is 0.326. The van der Waals surface area contributed by atoms with Crippen LogP contribution in [0.3, 0.4) is 0 Å². The normalized spacial score (nSPS) is 36.1. The Hall–Kier alpha value is -0.840. The van der Waals surface area contributed by atoms with Gasteiger partial charge in [-0.05, 0) is 31.1 Å². The van der Waals surface area contributed by atoms with Crippen molar-refractivity contribution in [2.45, 2.75) is 38.5 Å². The van der Waals surface area contributed by atoms with Crippen LogP contribution in [-0.2, 0) is 4.79 Å². The van der Waals surface area contributed by atoms with Gasteiger partial charge in [0.05, 0.1) is 6.07 Å². The molecule has 0 aromatic rings. The van der Waals surface area contributed by atoms with Gasteiger partial charge in [-0.25, -0.2) is 0 Å². The van der Waals surface area contributed by atoms with Crippen LogP contribution >= 0.6 is 0 Å². The van der Waals surface area contributed by atoms with Crippen LogP contribution in [0.25, 0.3) is 0 Å². The number of nitrogens with zero attached hydrogens (tertiary/aromatic N) is 1. The summed E-state index contributed by atoms with van der Waals surface area (Å²) in [6, 6.07) is 2.05. The summed E-state index contributed by atoms with van der Waals surface area (Å²) in [5.41, 5.74) is 0. The van der Waals surface area contributed by atoms with Gasteiger partial charge in [-0.2, -0.15) is 5.26 Å². The second-order valence-corrected chi connectivity index (χ2v) is 4.41. The van der Waals surface area contributed by atoms with Gasteiger partial charge >= 0.3 is 0 Å². The summed E-state index contributed by atoms with van der Waals surface area (Å²) in [6.45, 7) is 0. The number of Topliss-reactive ketones (excluding diaryl/α,β-unsaturated/α-hetero) is 1. The molecule has 2 nitrogen and oxygen atoms in total. The van der Waals surface area contributed by atoms with Crippen molar-refractivity contribution in [2.75, 3.05) is 0 Å². The molecule has 3 unspecified atom stereocenters. The molecule has 2 bridgehead atoms. The average Bonchev–Trinajstić information content (AvgIpc) is 2.74. The minimum Gasteiger partial charge on any atom is -0.299 e. The van der Waals surface area contributed by atoms with E-state index in [4.69, 9.17) is 5.26 Å². The number of hydrogen-bond donors (Lipinski definition) is 0. The lowest BCUT2D eigenvalue weighted by Crippen LogP contribution is -2.20. The largest absolute Gasteiger partial charge is 0.299 e. The third kappa shape index (κ3) is 1.60. The molecule has 2 aliphatic rings. The molecular weight excluding hydrogens is 162 g/mol. The summed E-state index contributed by atoms with van der Waals surface area (Å²) in [7, 11) is 0. The molecule has 0 aromatic carbocycles. The number of ketones is 1. The third-order valence-electron chi connectivity index (χ3n) is 3.63. The third-order valence-corrected chi connectivity index (χ3v) is 3.63. The van der Waals surface area contributed by atoms with Crippen molar-refractivity contribution in [3.05, 3.63) is 0 Å². The molecular formula is C11H15NO. The van der Waals surface area contributed by atoms with Gasteiger partial charge in [-0.1, -0.05) is 6.42 Å². The van der Waals surface area contributed by atoms with E-state index in [2.05, 4.69) is 0 Å². The lowest BCUT2D eigenvalue weighted by molar-refractivity contribution is -0.124. The maximum atomic E-state index is 11.6. The van der Waals surface area contributed by atoms with Crippen LogP contribution in [0.2, 0.25) is 0 Å². The molecule has 0 aliphatic heterocycles. The fourth-order valence-electron chi connectivity index (χ4n) is 3.00. The molecule has 2 saturated carbocycles. The monoisotopic (exact) mass is 177 g/mol. The summed E-state index contributed by atoms with van der Waals surface area (Å²) in [5, 5.41) is 8.39. The zero-order valence-electron chi connectivity index (χ0n) is 7.83. The summed E-state index contributed by atoms with van der Waals surface area (Å²) in [4.78, 5) is 11.6. The van der Waals surface area contributed by atoms with Crippen LogP contribution in [0.4, 0.5) is 0 Å². The zero-order valence-corrected chi connectivity index (χ0v) is 7.83. The lowest BCUT2D eigenvalue weighted by Gasteiger charge is -2.19. The zero-order chi connectivity index (χ0) is 9.26. The highest BCUT2D eigenvalue weighted by Gasteiger charge is 2.42. The van der Waals surface area contributed by atoms with Crippen LogP contribution in [0.5, 0.6) is 0 Å². The van der Waals surface area contributed by atoms with Crippen LogP contribution in [0.15, 0.2) is 0 Å². The van der Waals surface area contributed by atoms with E-state index < -0.39 is 0 Å². The number of nitriles is 1. The highest BCUT2D eigenvalue weighted by atomic mass is 16.1. The van der Waals surface area contributed by atoms with Crippen molar-refractivity contribution in [3.63, 3.8) is 0 Å². The summed E-state index contributed by atoms with van der Waals surface area (Å²) >= 11 is 0. The Morgan fingerprint density at radius 1 is 1.38 bits per heavy atom. The van der Waals surface area contributed by atoms with E-state index in [0.29, 0.717) is 30.5 Å². The van der Waals surface area contributed by atoms with Gasteiger partial charge in [0.2, 0.25) is 0 Å².